The lowest BCUT2D eigenvalue weighted by Crippen LogP contribution is -2.09. The molecule has 0 radical (unpaired) electrons. The van der Waals surface area contributed by atoms with Crippen molar-refractivity contribution in [3.05, 3.63) is 46.7 Å². The summed E-state index contributed by atoms with van der Waals surface area (Å²) in [7, 11) is 0. The number of rotatable bonds is 5. The molecule has 1 heterocycles. The van der Waals surface area contributed by atoms with Crippen LogP contribution in [0.25, 0.3) is 0 Å². The van der Waals surface area contributed by atoms with Crippen LogP contribution in [0, 0.1) is 0 Å². The van der Waals surface area contributed by atoms with E-state index in [4.69, 9.17) is 0 Å². The van der Waals surface area contributed by atoms with Gasteiger partial charge in [0.15, 0.2) is 0 Å². The molecule has 0 spiro atoms. The molecule has 0 bridgehead atoms. The van der Waals surface area contributed by atoms with Gasteiger partial charge in [0.25, 0.3) is 0 Å². The monoisotopic (exact) mass is 321 g/mol. The maximum Gasteiger partial charge on any atom is 0.0731 e. The van der Waals surface area contributed by atoms with Gasteiger partial charge in [-0.05, 0) is 38.0 Å². The molecule has 0 saturated heterocycles. The second-order valence-electron chi connectivity index (χ2n) is 4.96. The van der Waals surface area contributed by atoms with Crippen LogP contribution in [0.2, 0.25) is 0 Å². The van der Waals surface area contributed by atoms with Crippen molar-refractivity contribution in [2.75, 3.05) is 5.32 Å². The van der Waals surface area contributed by atoms with Crippen molar-refractivity contribution in [3.8, 4) is 0 Å². The molecule has 2 aromatic rings. The number of anilines is 1. The predicted molar refractivity (Wildman–Crippen MR) is 83.4 cm³/mol. The third-order valence-corrected chi connectivity index (χ3v) is 3.68. The average Bonchev–Trinajstić information content (AvgIpc) is 2.86. The molecule has 0 saturated carbocycles. The van der Waals surface area contributed by atoms with Crippen LogP contribution < -0.4 is 5.32 Å². The number of nitrogens with one attached hydrogen (secondary N) is 1. The molecule has 1 unspecified atom stereocenters. The van der Waals surface area contributed by atoms with E-state index in [0.717, 1.165) is 16.6 Å². The number of hydrogen-bond donors (Lipinski definition) is 1. The first kappa shape index (κ1) is 14.1. The van der Waals surface area contributed by atoms with Crippen LogP contribution in [-0.4, -0.2) is 9.78 Å². The van der Waals surface area contributed by atoms with E-state index in [-0.39, 0.29) is 0 Å². The lowest BCUT2D eigenvalue weighted by Gasteiger charge is -2.17. The number of hydrogen-bond acceptors (Lipinski definition) is 2. The first-order valence-corrected chi connectivity index (χ1v) is 7.45. The Labute approximate surface area is 123 Å². The average molecular weight is 322 g/mol. The summed E-state index contributed by atoms with van der Waals surface area (Å²) in [6, 6.07) is 9.17. The molecule has 0 aliphatic rings. The fourth-order valence-electron chi connectivity index (χ4n) is 2.01. The SMILES string of the molecule is CCC(Nc1cnn(C(C)C)c1)c1ccc(Br)cc1. The van der Waals surface area contributed by atoms with Gasteiger partial charge in [-0.15, -0.1) is 0 Å². The normalized spacial score (nSPS) is 12.7. The highest BCUT2D eigenvalue weighted by molar-refractivity contribution is 9.10. The van der Waals surface area contributed by atoms with Crippen LogP contribution in [0.15, 0.2) is 41.1 Å². The van der Waals surface area contributed by atoms with E-state index in [1.807, 2.05) is 10.9 Å². The van der Waals surface area contributed by atoms with Gasteiger partial charge in [0.05, 0.1) is 17.9 Å². The molecular weight excluding hydrogens is 302 g/mol. The molecule has 102 valence electrons. The van der Waals surface area contributed by atoms with Crippen LogP contribution in [0.1, 0.15) is 44.8 Å². The van der Waals surface area contributed by atoms with E-state index in [1.54, 1.807) is 0 Å². The zero-order chi connectivity index (χ0) is 13.8. The van der Waals surface area contributed by atoms with E-state index < -0.39 is 0 Å². The Balaban J connectivity index is 2.12. The predicted octanol–water partition coefficient (Wildman–Crippen LogP) is 4.79. The number of aromatic nitrogens is 2. The quantitative estimate of drug-likeness (QED) is 0.858. The molecule has 19 heavy (non-hydrogen) atoms. The lowest BCUT2D eigenvalue weighted by atomic mass is 10.0. The van der Waals surface area contributed by atoms with Crippen molar-refractivity contribution < 1.29 is 0 Å². The molecule has 4 heteroatoms. The summed E-state index contributed by atoms with van der Waals surface area (Å²) in [5, 5.41) is 7.90. The molecule has 3 nitrogen and oxygen atoms in total. The second kappa shape index (κ2) is 6.24. The van der Waals surface area contributed by atoms with Gasteiger partial charge in [0.2, 0.25) is 0 Å². The topological polar surface area (TPSA) is 29.9 Å². The molecule has 0 amide bonds. The van der Waals surface area contributed by atoms with Gasteiger partial charge in [-0.25, -0.2) is 0 Å². The van der Waals surface area contributed by atoms with Crippen LogP contribution in [-0.2, 0) is 0 Å². The molecule has 0 aliphatic carbocycles. The van der Waals surface area contributed by atoms with Crippen molar-refractivity contribution in [3.63, 3.8) is 0 Å². The second-order valence-corrected chi connectivity index (χ2v) is 5.88. The summed E-state index contributed by atoms with van der Waals surface area (Å²) in [6.45, 7) is 6.44. The zero-order valence-corrected chi connectivity index (χ0v) is 13.2. The highest BCUT2D eigenvalue weighted by atomic mass is 79.9. The van der Waals surface area contributed by atoms with Crippen molar-refractivity contribution in [1.82, 2.24) is 9.78 Å². The standard InChI is InChI=1S/C15H20BrN3/c1-4-15(12-5-7-13(16)8-6-12)18-14-9-17-19(10-14)11(2)3/h5-11,15,18H,4H2,1-3H3. The van der Waals surface area contributed by atoms with Crippen molar-refractivity contribution in [2.45, 2.75) is 39.3 Å². The summed E-state index contributed by atoms with van der Waals surface area (Å²) >= 11 is 3.47. The van der Waals surface area contributed by atoms with E-state index >= 15 is 0 Å². The third kappa shape index (κ3) is 3.60. The maximum absolute atomic E-state index is 4.36. The third-order valence-electron chi connectivity index (χ3n) is 3.15. The molecule has 0 fully saturated rings. The molecule has 2 rings (SSSR count). The minimum absolute atomic E-state index is 0.318. The molecular formula is C15H20BrN3. The van der Waals surface area contributed by atoms with Crippen molar-refractivity contribution in [1.29, 1.82) is 0 Å². The fourth-order valence-corrected chi connectivity index (χ4v) is 2.28. The first-order valence-electron chi connectivity index (χ1n) is 6.66. The highest BCUT2D eigenvalue weighted by Gasteiger charge is 2.10. The zero-order valence-electron chi connectivity index (χ0n) is 11.6. The summed E-state index contributed by atoms with van der Waals surface area (Å²) in [5.41, 5.74) is 2.37. The summed E-state index contributed by atoms with van der Waals surface area (Å²) in [5.74, 6) is 0. The van der Waals surface area contributed by atoms with Crippen molar-refractivity contribution >= 4 is 21.6 Å². The van der Waals surface area contributed by atoms with Gasteiger partial charge < -0.3 is 5.32 Å². The lowest BCUT2D eigenvalue weighted by molar-refractivity contribution is 0.532. The summed E-state index contributed by atoms with van der Waals surface area (Å²) in [6.07, 6.45) is 4.99. The van der Waals surface area contributed by atoms with Crippen LogP contribution >= 0.6 is 15.9 Å². The Bertz CT molecular complexity index is 516. The Hall–Kier alpha value is -1.29. The Morgan fingerprint density at radius 3 is 2.47 bits per heavy atom. The van der Waals surface area contributed by atoms with Crippen LogP contribution in [0.3, 0.4) is 0 Å². The number of nitrogens with zero attached hydrogens (tertiary/aromatic N) is 2. The fraction of sp³-hybridized carbons (Fsp3) is 0.400. The van der Waals surface area contributed by atoms with Gasteiger partial charge >= 0.3 is 0 Å². The smallest absolute Gasteiger partial charge is 0.0731 e. The Morgan fingerprint density at radius 1 is 1.26 bits per heavy atom. The number of benzene rings is 1. The summed E-state index contributed by atoms with van der Waals surface area (Å²) < 4.78 is 3.08. The minimum atomic E-state index is 0.318. The Morgan fingerprint density at radius 2 is 1.95 bits per heavy atom. The van der Waals surface area contributed by atoms with E-state index in [1.165, 1.54) is 5.56 Å². The maximum atomic E-state index is 4.36. The van der Waals surface area contributed by atoms with Gasteiger partial charge in [-0.3, -0.25) is 4.68 Å². The Kier molecular flexibility index (Phi) is 4.64. The highest BCUT2D eigenvalue weighted by Crippen LogP contribution is 2.24. The van der Waals surface area contributed by atoms with Gasteiger partial charge in [-0.1, -0.05) is 35.0 Å². The minimum Gasteiger partial charge on any atom is -0.376 e. The van der Waals surface area contributed by atoms with Gasteiger partial charge in [0.1, 0.15) is 0 Å². The van der Waals surface area contributed by atoms with E-state index in [0.29, 0.717) is 12.1 Å². The van der Waals surface area contributed by atoms with Gasteiger partial charge in [0, 0.05) is 16.7 Å². The molecule has 1 aromatic heterocycles. The van der Waals surface area contributed by atoms with E-state index in [2.05, 4.69) is 77.6 Å². The van der Waals surface area contributed by atoms with Crippen molar-refractivity contribution in [2.24, 2.45) is 0 Å². The molecule has 1 aromatic carbocycles. The molecule has 1 N–H and O–H groups in total. The van der Waals surface area contributed by atoms with Crippen LogP contribution in [0.5, 0.6) is 0 Å². The van der Waals surface area contributed by atoms with Crippen LogP contribution in [0.4, 0.5) is 5.69 Å². The van der Waals surface area contributed by atoms with E-state index in [9.17, 15) is 0 Å². The van der Waals surface area contributed by atoms with Gasteiger partial charge in [-0.2, -0.15) is 5.10 Å². The summed E-state index contributed by atoms with van der Waals surface area (Å²) in [4.78, 5) is 0. The molecule has 0 aliphatic heterocycles. The largest absolute Gasteiger partial charge is 0.376 e. The number of halogens is 1. The molecule has 1 atom stereocenters. The first-order chi connectivity index (χ1) is 9.10.